The lowest BCUT2D eigenvalue weighted by molar-refractivity contribution is 0.102. The fourth-order valence-corrected chi connectivity index (χ4v) is 2.11. The summed E-state index contributed by atoms with van der Waals surface area (Å²) < 4.78 is 5.46. The number of amides is 1. The number of nitrogens with two attached hydrogens (primary N) is 1. The van der Waals surface area contributed by atoms with E-state index in [0.29, 0.717) is 29.2 Å². The molecule has 0 fully saturated rings. The van der Waals surface area contributed by atoms with Crippen molar-refractivity contribution in [3.8, 4) is 5.75 Å². The lowest BCUT2D eigenvalue weighted by Crippen LogP contribution is -2.18. The van der Waals surface area contributed by atoms with Crippen molar-refractivity contribution in [2.24, 2.45) is 5.73 Å². The van der Waals surface area contributed by atoms with Gasteiger partial charge in [0.2, 0.25) is 0 Å². The van der Waals surface area contributed by atoms with E-state index < -0.39 is 0 Å². The molecule has 5 heteroatoms. The van der Waals surface area contributed by atoms with Crippen LogP contribution < -0.4 is 15.8 Å². The minimum absolute atomic E-state index is 0.240. The normalized spacial score (nSPS) is 9.95. The second-order valence-corrected chi connectivity index (χ2v) is 4.73. The Morgan fingerprint density at radius 2 is 1.76 bits per heavy atom. The van der Waals surface area contributed by atoms with Crippen LogP contribution >= 0.6 is 12.2 Å². The van der Waals surface area contributed by atoms with Gasteiger partial charge in [-0.15, -0.1) is 0 Å². The van der Waals surface area contributed by atoms with Crippen LogP contribution in [0.4, 0.5) is 5.69 Å². The van der Waals surface area contributed by atoms with Gasteiger partial charge in [0, 0.05) is 5.56 Å². The number of anilines is 1. The third kappa shape index (κ3) is 3.58. The molecule has 21 heavy (non-hydrogen) atoms. The van der Waals surface area contributed by atoms with Gasteiger partial charge < -0.3 is 15.8 Å². The highest BCUT2D eigenvalue weighted by atomic mass is 32.1. The Bertz CT molecular complexity index is 671. The molecule has 0 aliphatic carbocycles. The molecule has 2 aromatic rings. The summed E-state index contributed by atoms with van der Waals surface area (Å²) in [5.41, 5.74) is 7.35. The number of hydrogen-bond donors (Lipinski definition) is 2. The highest BCUT2D eigenvalue weighted by molar-refractivity contribution is 7.80. The Morgan fingerprint density at radius 3 is 2.43 bits per heavy atom. The molecule has 0 saturated carbocycles. The zero-order chi connectivity index (χ0) is 15.2. The second kappa shape index (κ2) is 6.85. The van der Waals surface area contributed by atoms with Crippen molar-refractivity contribution in [2.75, 3.05) is 11.9 Å². The summed E-state index contributed by atoms with van der Waals surface area (Å²) >= 11 is 4.99. The van der Waals surface area contributed by atoms with Gasteiger partial charge >= 0.3 is 0 Å². The molecule has 0 heterocycles. The topological polar surface area (TPSA) is 64.3 Å². The molecular formula is C16H16N2O2S. The summed E-state index contributed by atoms with van der Waals surface area (Å²) in [6.45, 7) is 2.37. The highest BCUT2D eigenvalue weighted by Gasteiger charge is 2.14. The van der Waals surface area contributed by atoms with Gasteiger partial charge in [-0.25, -0.2) is 0 Å². The molecule has 1 amide bonds. The highest BCUT2D eigenvalue weighted by Crippen LogP contribution is 2.21. The average Bonchev–Trinajstić information content (AvgIpc) is 2.48. The molecular weight excluding hydrogens is 284 g/mol. The molecule has 2 aromatic carbocycles. The summed E-state index contributed by atoms with van der Waals surface area (Å²) in [5.74, 6) is 0.285. The van der Waals surface area contributed by atoms with Crippen LogP contribution in [0.5, 0.6) is 5.75 Å². The molecule has 0 radical (unpaired) electrons. The summed E-state index contributed by atoms with van der Waals surface area (Å²) in [6, 6.07) is 14.2. The van der Waals surface area contributed by atoms with Gasteiger partial charge in [-0.2, -0.15) is 0 Å². The number of carbonyl (C=O) groups is 1. The third-order valence-corrected chi connectivity index (χ3v) is 3.09. The van der Waals surface area contributed by atoms with E-state index in [1.807, 2.05) is 25.1 Å². The molecule has 0 saturated heterocycles. The average molecular weight is 300 g/mol. The number of hydrogen-bond acceptors (Lipinski definition) is 3. The van der Waals surface area contributed by atoms with Gasteiger partial charge in [-0.1, -0.05) is 36.5 Å². The predicted octanol–water partition coefficient (Wildman–Crippen LogP) is 2.97. The summed E-state index contributed by atoms with van der Waals surface area (Å²) in [4.78, 5) is 12.6. The lowest BCUT2D eigenvalue weighted by Gasteiger charge is -2.12. The van der Waals surface area contributed by atoms with Crippen LogP contribution in [0.15, 0.2) is 48.5 Å². The smallest absolute Gasteiger partial charge is 0.259 e. The van der Waals surface area contributed by atoms with Crippen molar-refractivity contribution >= 4 is 28.8 Å². The largest absolute Gasteiger partial charge is 0.493 e. The van der Waals surface area contributed by atoms with E-state index in [2.05, 4.69) is 5.32 Å². The first kappa shape index (κ1) is 15.0. The number of benzene rings is 2. The van der Waals surface area contributed by atoms with Crippen LogP contribution in [0.3, 0.4) is 0 Å². The third-order valence-electron chi connectivity index (χ3n) is 2.87. The van der Waals surface area contributed by atoms with Crippen molar-refractivity contribution in [2.45, 2.75) is 6.92 Å². The van der Waals surface area contributed by atoms with Crippen LogP contribution in [0.2, 0.25) is 0 Å². The minimum atomic E-state index is -0.261. The van der Waals surface area contributed by atoms with Gasteiger partial charge in [0.15, 0.2) is 0 Å². The van der Waals surface area contributed by atoms with Crippen molar-refractivity contribution in [3.63, 3.8) is 0 Å². The summed E-state index contributed by atoms with van der Waals surface area (Å²) in [5, 5.41) is 2.82. The maximum Gasteiger partial charge on any atom is 0.259 e. The molecule has 0 aliphatic heterocycles. The number of rotatable bonds is 5. The van der Waals surface area contributed by atoms with Gasteiger partial charge in [-0.05, 0) is 31.2 Å². The standard InChI is InChI=1S/C16H16N2O2S/c1-2-20-14-10-6-4-8-12(14)16(19)18-13-9-5-3-7-11(13)15(17)21/h3-10H,2H2,1H3,(H2,17,21)(H,18,19). The van der Waals surface area contributed by atoms with Crippen LogP contribution in [0, 0.1) is 0 Å². The zero-order valence-corrected chi connectivity index (χ0v) is 12.4. The van der Waals surface area contributed by atoms with Crippen LogP contribution in [-0.4, -0.2) is 17.5 Å². The first-order valence-electron chi connectivity index (χ1n) is 6.55. The van der Waals surface area contributed by atoms with Crippen molar-refractivity contribution in [3.05, 3.63) is 59.7 Å². The van der Waals surface area contributed by atoms with Crippen LogP contribution in [-0.2, 0) is 0 Å². The quantitative estimate of drug-likeness (QED) is 0.833. The van der Waals surface area contributed by atoms with Crippen LogP contribution in [0.1, 0.15) is 22.8 Å². The Balaban J connectivity index is 2.29. The van der Waals surface area contributed by atoms with Gasteiger partial charge in [-0.3, -0.25) is 4.79 Å². The Labute approximate surface area is 128 Å². The summed E-state index contributed by atoms with van der Waals surface area (Å²) in [6.07, 6.45) is 0. The number of nitrogens with one attached hydrogen (secondary N) is 1. The fourth-order valence-electron chi connectivity index (χ4n) is 1.93. The molecule has 0 aromatic heterocycles. The first-order chi connectivity index (χ1) is 10.1. The van der Waals surface area contributed by atoms with Crippen molar-refractivity contribution in [1.82, 2.24) is 0 Å². The SMILES string of the molecule is CCOc1ccccc1C(=O)Nc1ccccc1C(N)=S. The molecule has 0 bridgehead atoms. The summed E-state index contributed by atoms with van der Waals surface area (Å²) in [7, 11) is 0. The van der Waals surface area contributed by atoms with Gasteiger partial charge in [0.05, 0.1) is 17.9 Å². The van der Waals surface area contributed by atoms with Crippen molar-refractivity contribution in [1.29, 1.82) is 0 Å². The molecule has 3 N–H and O–H groups in total. The van der Waals surface area contributed by atoms with E-state index in [-0.39, 0.29) is 10.9 Å². The van der Waals surface area contributed by atoms with E-state index in [1.165, 1.54) is 0 Å². The molecule has 2 rings (SSSR count). The lowest BCUT2D eigenvalue weighted by atomic mass is 10.1. The molecule has 108 valence electrons. The number of para-hydroxylation sites is 2. The van der Waals surface area contributed by atoms with E-state index in [1.54, 1.807) is 30.3 Å². The van der Waals surface area contributed by atoms with Crippen molar-refractivity contribution < 1.29 is 9.53 Å². The molecule has 0 atom stereocenters. The Hall–Kier alpha value is -2.40. The molecule has 4 nitrogen and oxygen atoms in total. The van der Waals surface area contributed by atoms with E-state index in [0.717, 1.165) is 0 Å². The van der Waals surface area contributed by atoms with E-state index in [4.69, 9.17) is 22.7 Å². The van der Waals surface area contributed by atoms with Crippen LogP contribution in [0.25, 0.3) is 0 Å². The maximum absolute atomic E-state index is 12.4. The number of carbonyl (C=O) groups excluding carboxylic acids is 1. The Morgan fingerprint density at radius 1 is 1.14 bits per heavy atom. The van der Waals surface area contributed by atoms with E-state index >= 15 is 0 Å². The first-order valence-corrected chi connectivity index (χ1v) is 6.96. The molecule has 0 aliphatic rings. The minimum Gasteiger partial charge on any atom is -0.493 e. The van der Waals surface area contributed by atoms with Gasteiger partial charge in [0.1, 0.15) is 10.7 Å². The van der Waals surface area contributed by atoms with E-state index in [9.17, 15) is 4.79 Å². The predicted molar refractivity (Wildman–Crippen MR) is 87.9 cm³/mol. The molecule has 0 spiro atoms. The molecule has 0 unspecified atom stereocenters. The number of thiocarbonyl (C=S) groups is 1. The Kier molecular flexibility index (Phi) is 4.90. The fraction of sp³-hybridized carbons (Fsp3) is 0.125. The number of ether oxygens (including phenoxy) is 1. The monoisotopic (exact) mass is 300 g/mol. The zero-order valence-electron chi connectivity index (χ0n) is 11.6. The second-order valence-electron chi connectivity index (χ2n) is 4.29. The van der Waals surface area contributed by atoms with Gasteiger partial charge in [0.25, 0.3) is 5.91 Å². The maximum atomic E-state index is 12.4.